The predicted octanol–water partition coefficient (Wildman–Crippen LogP) is 2.44. The van der Waals surface area contributed by atoms with Gasteiger partial charge in [0.05, 0.1) is 13.1 Å². The molecule has 6 heteroatoms. The zero-order valence-corrected chi connectivity index (χ0v) is 13.0. The maximum absolute atomic E-state index is 12.0. The van der Waals surface area contributed by atoms with Crippen LogP contribution < -0.4 is 5.73 Å². The van der Waals surface area contributed by atoms with E-state index in [1.807, 2.05) is 36.7 Å². The summed E-state index contributed by atoms with van der Waals surface area (Å²) in [6.45, 7) is 4.83. The van der Waals surface area contributed by atoms with Crippen molar-refractivity contribution in [1.29, 1.82) is 0 Å². The maximum atomic E-state index is 12.0. The Bertz CT molecular complexity index is 588. The van der Waals surface area contributed by atoms with Gasteiger partial charge in [-0.15, -0.1) is 22.7 Å². The molecular weight excluding hydrogens is 292 g/mol. The second-order valence-electron chi connectivity index (χ2n) is 4.58. The highest BCUT2D eigenvalue weighted by Crippen LogP contribution is 2.22. The second-order valence-corrected chi connectivity index (χ2v) is 6.58. The minimum Gasteiger partial charge on any atom is -0.361 e. The summed E-state index contributed by atoms with van der Waals surface area (Å²) in [7, 11) is 0. The molecule has 0 bridgehead atoms. The molecule has 0 aliphatic carbocycles. The molecule has 0 unspecified atom stereocenters. The van der Waals surface area contributed by atoms with Gasteiger partial charge in [0.2, 0.25) is 0 Å². The molecule has 0 radical (unpaired) electrons. The summed E-state index contributed by atoms with van der Waals surface area (Å²) in [5.74, 6) is -1.54. The summed E-state index contributed by atoms with van der Waals surface area (Å²) in [5, 5.41) is 3.96. The lowest BCUT2D eigenvalue weighted by Crippen LogP contribution is -2.39. The summed E-state index contributed by atoms with van der Waals surface area (Å²) in [5.41, 5.74) is 7.40. The molecule has 0 atom stereocenters. The van der Waals surface area contributed by atoms with Gasteiger partial charge in [0.1, 0.15) is 0 Å². The minimum absolute atomic E-state index is 0.419. The largest absolute Gasteiger partial charge is 0.361 e. The molecule has 106 valence electrons. The molecule has 0 fully saturated rings. The van der Waals surface area contributed by atoms with Crippen LogP contribution in [0.1, 0.15) is 20.9 Å². The van der Waals surface area contributed by atoms with Crippen LogP contribution >= 0.6 is 22.7 Å². The highest BCUT2D eigenvalue weighted by Gasteiger charge is 2.21. The molecule has 4 nitrogen and oxygen atoms in total. The average molecular weight is 308 g/mol. The van der Waals surface area contributed by atoms with Gasteiger partial charge in [0.25, 0.3) is 0 Å². The van der Waals surface area contributed by atoms with Gasteiger partial charge in [-0.25, -0.2) is 0 Å². The van der Waals surface area contributed by atoms with E-state index in [-0.39, 0.29) is 0 Å². The lowest BCUT2D eigenvalue weighted by Gasteiger charge is -2.20. The normalized spacial score (nSPS) is 10.5. The molecular formula is C14H16N2O2S2. The summed E-state index contributed by atoms with van der Waals surface area (Å²) in [6.07, 6.45) is 0. The van der Waals surface area contributed by atoms with Crippen molar-refractivity contribution >= 4 is 34.5 Å². The Morgan fingerprint density at radius 3 is 1.80 bits per heavy atom. The van der Waals surface area contributed by atoms with E-state index >= 15 is 0 Å². The lowest BCUT2D eigenvalue weighted by atomic mass is 10.2. The topological polar surface area (TPSA) is 63.4 Å². The SMILES string of the molecule is Cc1ccsc1CN(Cc1sccc1C)C(=O)C(N)=O. The van der Waals surface area contributed by atoms with Crippen LogP contribution in [0.25, 0.3) is 0 Å². The van der Waals surface area contributed by atoms with E-state index in [2.05, 4.69) is 0 Å². The number of carbonyl (C=O) groups is 2. The molecule has 0 aliphatic rings. The van der Waals surface area contributed by atoms with Gasteiger partial charge in [-0.2, -0.15) is 0 Å². The molecule has 0 aliphatic heterocycles. The van der Waals surface area contributed by atoms with Crippen molar-refractivity contribution in [3.63, 3.8) is 0 Å². The summed E-state index contributed by atoms with van der Waals surface area (Å²) in [6, 6.07) is 4.01. The van der Waals surface area contributed by atoms with Gasteiger partial charge >= 0.3 is 11.8 Å². The molecule has 0 aromatic carbocycles. The maximum Gasteiger partial charge on any atom is 0.312 e. The van der Waals surface area contributed by atoms with Crippen molar-refractivity contribution in [2.24, 2.45) is 5.73 Å². The van der Waals surface area contributed by atoms with Gasteiger partial charge in [-0.05, 0) is 47.9 Å². The van der Waals surface area contributed by atoms with Crippen molar-refractivity contribution in [2.45, 2.75) is 26.9 Å². The fraction of sp³-hybridized carbons (Fsp3) is 0.286. The predicted molar refractivity (Wildman–Crippen MR) is 81.6 cm³/mol. The Hall–Kier alpha value is -1.66. The summed E-state index contributed by atoms with van der Waals surface area (Å²) in [4.78, 5) is 26.9. The molecule has 0 saturated carbocycles. The Morgan fingerprint density at radius 1 is 1.05 bits per heavy atom. The first-order valence-electron chi connectivity index (χ1n) is 6.13. The smallest absolute Gasteiger partial charge is 0.312 e. The molecule has 2 aromatic heterocycles. The van der Waals surface area contributed by atoms with Crippen LogP contribution in [0.5, 0.6) is 0 Å². The van der Waals surface area contributed by atoms with Crippen LogP contribution in [0.15, 0.2) is 22.9 Å². The fourth-order valence-corrected chi connectivity index (χ4v) is 3.68. The third-order valence-electron chi connectivity index (χ3n) is 3.10. The Kier molecular flexibility index (Phi) is 4.57. The molecule has 0 spiro atoms. The van der Waals surface area contributed by atoms with Crippen LogP contribution in [-0.2, 0) is 22.7 Å². The number of nitrogens with zero attached hydrogens (tertiary/aromatic N) is 1. The molecule has 2 N–H and O–H groups in total. The Balaban J connectivity index is 2.21. The molecule has 2 aromatic rings. The number of amides is 2. The van der Waals surface area contributed by atoms with Crippen LogP contribution in [0.4, 0.5) is 0 Å². The van der Waals surface area contributed by atoms with Crippen molar-refractivity contribution < 1.29 is 9.59 Å². The van der Waals surface area contributed by atoms with Gasteiger partial charge in [-0.1, -0.05) is 0 Å². The second kappa shape index (κ2) is 6.19. The number of hydrogen-bond acceptors (Lipinski definition) is 4. The zero-order valence-electron chi connectivity index (χ0n) is 11.4. The fourth-order valence-electron chi connectivity index (χ4n) is 1.83. The number of carbonyl (C=O) groups excluding carboxylic acids is 2. The first-order valence-corrected chi connectivity index (χ1v) is 7.89. The Labute approximate surface area is 125 Å². The number of nitrogens with two attached hydrogens (primary N) is 1. The summed E-state index contributed by atoms with van der Waals surface area (Å²) >= 11 is 3.16. The van der Waals surface area contributed by atoms with Crippen LogP contribution in [-0.4, -0.2) is 16.7 Å². The van der Waals surface area contributed by atoms with Crippen molar-refractivity contribution in [1.82, 2.24) is 4.90 Å². The van der Waals surface area contributed by atoms with Crippen molar-refractivity contribution in [2.75, 3.05) is 0 Å². The molecule has 2 amide bonds. The number of hydrogen-bond donors (Lipinski definition) is 1. The number of thiophene rings is 2. The van der Waals surface area contributed by atoms with E-state index in [0.29, 0.717) is 13.1 Å². The molecule has 20 heavy (non-hydrogen) atoms. The average Bonchev–Trinajstić information content (AvgIpc) is 2.98. The van der Waals surface area contributed by atoms with Crippen LogP contribution in [0.3, 0.4) is 0 Å². The van der Waals surface area contributed by atoms with Gasteiger partial charge in [-0.3, -0.25) is 9.59 Å². The summed E-state index contributed by atoms with van der Waals surface area (Å²) < 4.78 is 0. The van der Waals surface area contributed by atoms with E-state index < -0.39 is 11.8 Å². The Morgan fingerprint density at radius 2 is 1.50 bits per heavy atom. The van der Waals surface area contributed by atoms with Gasteiger partial charge in [0.15, 0.2) is 0 Å². The quantitative estimate of drug-likeness (QED) is 0.882. The van der Waals surface area contributed by atoms with E-state index in [9.17, 15) is 9.59 Å². The van der Waals surface area contributed by atoms with Crippen molar-refractivity contribution in [3.05, 3.63) is 43.8 Å². The number of primary amides is 1. The minimum atomic E-state index is -0.909. The lowest BCUT2D eigenvalue weighted by molar-refractivity contribution is -0.145. The van der Waals surface area contributed by atoms with E-state index in [1.54, 1.807) is 22.7 Å². The molecule has 2 heterocycles. The van der Waals surface area contributed by atoms with Gasteiger partial charge in [0, 0.05) is 9.75 Å². The standard InChI is InChI=1S/C14H16N2O2S2/c1-9-3-5-19-11(9)7-16(14(18)13(15)17)8-12-10(2)4-6-20-12/h3-6H,7-8H2,1-2H3,(H2,15,17). The zero-order chi connectivity index (χ0) is 14.7. The van der Waals surface area contributed by atoms with E-state index in [0.717, 1.165) is 20.9 Å². The molecule has 2 rings (SSSR count). The number of rotatable bonds is 4. The van der Waals surface area contributed by atoms with E-state index in [1.165, 1.54) is 4.90 Å². The highest BCUT2D eigenvalue weighted by molar-refractivity contribution is 7.10. The van der Waals surface area contributed by atoms with E-state index in [4.69, 9.17) is 5.73 Å². The molecule has 0 saturated heterocycles. The van der Waals surface area contributed by atoms with Gasteiger partial charge < -0.3 is 10.6 Å². The third-order valence-corrected chi connectivity index (χ3v) is 5.12. The first-order chi connectivity index (χ1) is 9.49. The third kappa shape index (κ3) is 3.26. The first kappa shape index (κ1) is 14.7. The number of aryl methyl sites for hydroxylation is 2. The van der Waals surface area contributed by atoms with Crippen LogP contribution in [0.2, 0.25) is 0 Å². The monoisotopic (exact) mass is 308 g/mol. The van der Waals surface area contributed by atoms with Crippen LogP contribution in [0, 0.1) is 13.8 Å². The van der Waals surface area contributed by atoms with Crippen molar-refractivity contribution in [3.8, 4) is 0 Å². The highest BCUT2D eigenvalue weighted by atomic mass is 32.1.